The Hall–Kier alpha value is -2.37. The molecule has 6 heteroatoms. The number of carbonyl (C=O) groups excluding carboxylic acids is 2. The van der Waals surface area contributed by atoms with E-state index < -0.39 is 11.7 Å². The van der Waals surface area contributed by atoms with Gasteiger partial charge in [-0.15, -0.1) is 0 Å². The largest absolute Gasteiger partial charge is 0.443 e. The van der Waals surface area contributed by atoms with Crippen molar-refractivity contribution < 1.29 is 18.7 Å². The highest BCUT2D eigenvalue weighted by atomic mass is 19.1. The molecule has 5 nitrogen and oxygen atoms in total. The highest BCUT2D eigenvalue weighted by Gasteiger charge is 2.25. The smallest absolute Gasteiger partial charge is 0.417 e. The zero-order valence-electron chi connectivity index (χ0n) is 13.8. The fourth-order valence-corrected chi connectivity index (χ4v) is 2.28. The molecule has 0 unspecified atom stereocenters. The minimum absolute atomic E-state index is 0.174. The zero-order valence-corrected chi connectivity index (χ0v) is 13.8. The van der Waals surface area contributed by atoms with Gasteiger partial charge in [0, 0.05) is 30.6 Å². The van der Waals surface area contributed by atoms with E-state index in [9.17, 15) is 14.0 Å². The first-order valence-corrected chi connectivity index (χ1v) is 7.44. The fraction of sp³-hybridized carbons (Fsp3) is 0.412. The molecule has 1 aromatic carbocycles. The molecule has 0 aliphatic heterocycles. The minimum Gasteiger partial charge on any atom is -0.443 e. The van der Waals surface area contributed by atoms with E-state index in [0.29, 0.717) is 6.42 Å². The van der Waals surface area contributed by atoms with Gasteiger partial charge in [-0.1, -0.05) is 0 Å². The standard InChI is InChI=1S/C17H21FN2O3/c1-11(21)20(16(22)23-17(2,3)4)8-7-12-10-19-15-6-5-13(18)9-14(12)15/h5-6,9-10,19H,7-8H2,1-4H3. The number of hydrogen-bond acceptors (Lipinski definition) is 3. The summed E-state index contributed by atoms with van der Waals surface area (Å²) in [5.74, 6) is -0.709. The predicted molar refractivity (Wildman–Crippen MR) is 85.6 cm³/mol. The van der Waals surface area contributed by atoms with E-state index in [-0.39, 0.29) is 18.3 Å². The van der Waals surface area contributed by atoms with Crippen LogP contribution in [0.4, 0.5) is 9.18 Å². The molecule has 1 aromatic heterocycles. The number of nitrogens with one attached hydrogen (secondary N) is 1. The van der Waals surface area contributed by atoms with Crippen LogP contribution in [0.5, 0.6) is 0 Å². The lowest BCUT2D eigenvalue weighted by Crippen LogP contribution is -2.40. The van der Waals surface area contributed by atoms with Gasteiger partial charge in [-0.25, -0.2) is 14.1 Å². The molecule has 0 atom stereocenters. The summed E-state index contributed by atoms with van der Waals surface area (Å²) in [6.45, 7) is 6.72. The molecule has 2 amide bonds. The molecule has 0 bridgehead atoms. The molecule has 1 heterocycles. The lowest BCUT2D eigenvalue weighted by Gasteiger charge is -2.25. The van der Waals surface area contributed by atoms with Crippen LogP contribution in [0.1, 0.15) is 33.3 Å². The topological polar surface area (TPSA) is 62.4 Å². The molecule has 0 saturated carbocycles. The van der Waals surface area contributed by atoms with E-state index in [1.165, 1.54) is 19.1 Å². The number of aromatic amines is 1. The number of nitrogens with zero attached hydrogens (tertiary/aromatic N) is 1. The second-order valence-corrected chi connectivity index (χ2v) is 6.40. The molecular weight excluding hydrogens is 299 g/mol. The number of H-pyrrole nitrogens is 1. The van der Waals surface area contributed by atoms with Crippen molar-refractivity contribution in [2.75, 3.05) is 6.54 Å². The Kier molecular flexibility index (Phi) is 4.73. The summed E-state index contributed by atoms with van der Waals surface area (Å²) in [4.78, 5) is 27.9. The number of halogens is 1. The highest BCUT2D eigenvalue weighted by Crippen LogP contribution is 2.20. The van der Waals surface area contributed by atoms with Crippen molar-refractivity contribution in [2.45, 2.75) is 39.7 Å². The number of fused-ring (bicyclic) bond motifs is 1. The van der Waals surface area contributed by atoms with Gasteiger partial charge in [0.05, 0.1) is 0 Å². The minimum atomic E-state index is -0.672. The summed E-state index contributed by atoms with van der Waals surface area (Å²) < 4.78 is 18.6. The third-order valence-electron chi connectivity index (χ3n) is 3.33. The van der Waals surface area contributed by atoms with Crippen LogP contribution >= 0.6 is 0 Å². The van der Waals surface area contributed by atoms with E-state index in [2.05, 4.69) is 4.98 Å². The number of imide groups is 1. The Balaban J connectivity index is 2.13. The molecule has 0 aliphatic rings. The fourth-order valence-electron chi connectivity index (χ4n) is 2.28. The number of rotatable bonds is 3. The van der Waals surface area contributed by atoms with Crippen LogP contribution < -0.4 is 0 Å². The second-order valence-electron chi connectivity index (χ2n) is 6.40. The second kappa shape index (κ2) is 6.40. The Morgan fingerprint density at radius 3 is 2.61 bits per heavy atom. The van der Waals surface area contributed by atoms with Crippen LogP contribution in [0.15, 0.2) is 24.4 Å². The van der Waals surface area contributed by atoms with E-state index in [1.807, 2.05) is 0 Å². The summed E-state index contributed by atoms with van der Waals surface area (Å²) in [6.07, 6.45) is 1.51. The van der Waals surface area contributed by atoms with Crippen LogP contribution in [0, 0.1) is 5.82 Å². The van der Waals surface area contributed by atoms with Crippen molar-refractivity contribution in [3.8, 4) is 0 Å². The maximum Gasteiger partial charge on any atom is 0.417 e. The zero-order chi connectivity index (χ0) is 17.2. The van der Waals surface area contributed by atoms with Crippen molar-refractivity contribution in [3.63, 3.8) is 0 Å². The number of ether oxygens (including phenoxy) is 1. The summed E-state index contributed by atoms with van der Waals surface area (Å²) in [6, 6.07) is 4.47. The van der Waals surface area contributed by atoms with Gasteiger partial charge >= 0.3 is 6.09 Å². The molecule has 124 valence electrons. The first-order chi connectivity index (χ1) is 10.7. The van der Waals surface area contributed by atoms with Crippen LogP contribution in [-0.4, -0.2) is 34.0 Å². The highest BCUT2D eigenvalue weighted by molar-refractivity contribution is 5.90. The molecule has 0 fully saturated rings. The maximum atomic E-state index is 13.4. The number of carbonyl (C=O) groups is 2. The summed E-state index contributed by atoms with van der Waals surface area (Å²) >= 11 is 0. The van der Waals surface area contributed by atoms with E-state index in [0.717, 1.165) is 21.4 Å². The number of benzene rings is 1. The van der Waals surface area contributed by atoms with Crippen molar-refractivity contribution in [3.05, 3.63) is 35.8 Å². The monoisotopic (exact) mass is 320 g/mol. The molecule has 0 spiro atoms. The van der Waals surface area contributed by atoms with E-state index in [1.54, 1.807) is 33.0 Å². The number of amides is 2. The van der Waals surface area contributed by atoms with Crippen LogP contribution in [0.3, 0.4) is 0 Å². The van der Waals surface area contributed by atoms with Crippen LogP contribution in [-0.2, 0) is 16.0 Å². The van der Waals surface area contributed by atoms with Crippen molar-refractivity contribution >= 4 is 22.9 Å². The summed E-state index contributed by atoms with van der Waals surface area (Å²) in [5, 5.41) is 0.748. The van der Waals surface area contributed by atoms with Gasteiger partial charge in [-0.05, 0) is 51.0 Å². The molecule has 2 aromatic rings. The molecule has 23 heavy (non-hydrogen) atoms. The van der Waals surface area contributed by atoms with Gasteiger partial charge in [0.15, 0.2) is 0 Å². The van der Waals surface area contributed by atoms with Gasteiger partial charge in [-0.3, -0.25) is 4.79 Å². The molecular formula is C17H21FN2O3. The van der Waals surface area contributed by atoms with Gasteiger partial charge in [0.2, 0.25) is 5.91 Å². The lowest BCUT2D eigenvalue weighted by atomic mass is 10.1. The SMILES string of the molecule is CC(=O)N(CCc1c[nH]c2ccc(F)cc12)C(=O)OC(C)(C)C. The quantitative estimate of drug-likeness (QED) is 0.939. The van der Waals surface area contributed by atoms with Crippen molar-refractivity contribution in [2.24, 2.45) is 0 Å². The summed E-state index contributed by atoms with van der Waals surface area (Å²) in [7, 11) is 0. The summed E-state index contributed by atoms with van der Waals surface area (Å²) in [5.41, 5.74) is 0.983. The molecule has 0 radical (unpaired) electrons. The maximum absolute atomic E-state index is 13.4. The van der Waals surface area contributed by atoms with E-state index in [4.69, 9.17) is 4.74 Å². The Morgan fingerprint density at radius 1 is 1.30 bits per heavy atom. The van der Waals surface area contributed by atoms with Gasteiger partial charge in [0.1, 0.15) is 11.4 Å². The van der Waals surface area contributed by atoms with Gasteiger partial charge < -0.3 is 9.72 Å². The lowest BCUT2D eigenvalue weighted by molar-refractivity contribution is -0.128. The van der Waals surface area contributed by atoms with Gasteiger partial charge in [-0.2, -0.15) is 0 Å². The molecule has 2 rings (SSSR count). The Labute approximate surface area is 134 Å². The van der Waals surface area contributed by atoms with Gasteiger partial charge in [0.25, 0.3) is 0 Å². The number of aromatic nitrogens is 1. The average molecular weight is 320 g/mol. The van der Waals surface area contributed by atoms with Crippen molar-refractivity contribution in [1.29, 1.82) is 0 Å². The number of hydrogen-bond donors (Lipinski definition) is 1. The molecule has 0 saturated heterocycles. The van der Waals surface area contributed by atoms with Crippen molar-refractivity contribution in [1.82, 2.24) is 9.88 Å². The predicted octanol–water partition coefficient (Wildman–Crippen LogP) is 3.63. The third kappa shape index (κ3) is 4.31. The average Bonchev–Trinajstić information content (AvgIpc) is 2.79. The Morgan fingerprint density at radius 2 is 2.00 bits per heavy atom. The van der Waals surface area contributed by atoms with E-state index >= 15 is 0 Å². The van der Waals surface area contributed by atoms with Crippen LogP contribution in [0.2, 0.25) is 0 Å². The van der Waals surface area contributed by atoms with Crippen LogP contribution in [0.25, 0.3) is 10.9 Å². The normalized spacial score (nSPS) is 11.5. The molecule has 1 N–H and O–H groups in total. The molecule has 0 aliphatic carbocycles. The Bertz CT molecular complexity index is 731. The third-order valence-corrected chi connectivity index (χ3v) is 3.33. The first-order valence-electron chi connectivity index (χ1n) is 7.44. The first kappa shape index (κ1) is 17.0.